The monoisotopic (exact) mass is 198 g/mol. The van der Waals surface area contributed by atoms with Crippen molar-refractivity contribution in [3.05, 3.63) is 29.6 Å². The molecule has 5 nitrogen and oxygen atoms in total. The Kier molecular flexibility index (Phi) is 3.97. The lowest BCUT2D eigenvalue weighted by molar-refractivity contribution is 0.0241. The minimum absolute atomic E-state index is 0.0110. The Labute approximate surface area is 81.8 Å². The van der Waals surface area contributed by atoms with Crippen LogP contribution in [-0.4, -0.2) is 33.0 Å². The molecule has 0 aliphatic rings. The summed E-state index contributed by atoms with van der Waals surface area (Å²) in [6.07, 6.45) is -0.605. The van der Waals surface area contributed by atoms with Gasteiger partial charge in [-0.2, -0.15) is 0 Å². The number of nitrogens with zero attached hydrogens (tertiary/aromatic N) is 1. The van der Waals surface area contributed by atoms with Crippen LogP contribution in [0.2, 0.25) is 0 Å². The lowest BCUT2D eigenvalue weighted by Gasteiger charge is -2.15. The zero-order chi connectivity index (χ0) is 10.6. The molecule has 1 heterocycles. The Hall–Kier alpha value is -1.01. The third-order valence-corrected chi connectivity index (χ3v) is 1.96. The van der Waals surface area contributed by atoms with Gasteiger partial charge in [-0.25, -0.2) is 0 Å². The van der Waals surface area contributed by atoms with Gasteiger partial charge in [-0.05, 0) is 6.07 Å². The summed E-state index contributed by atoms with van der Waals surface area (Å²) in [6.45, 7) is -0.154. The van der Waals surface area contributed by atoms with Crippen LogP contribution < -0.4 is 5.73 Å². The molecule has 1 rings (SSSR count). The number of hydrogen-bond donors (Lipinski definition) is 4. The van der Waals surface area contributed by atoms with Crippen LogP contribution >= 0.6 is 0 Å². The van der Waals surface area contributed by atoms with Gasteiger partial charge in [0.1, 0.15) is 6.10 Å². The van der Waals surface area contributed by atoms with E-state index in [1.54, 1.807) is 12.1 Å². The van der Waals surface area contributed by atoms with Crippen molar-refractivity contribution in [2.24, 2.45) is 5.73 Å². The van der Waals surface area contributed by atoms with Crippen LogP contribution in [0, 0.1) is 0 Å². The van der Waals surface area contributed by atoms with Crippen LogP contribution in [-0.2, 0) is 6.61 Å². The van der Waals surface area contributed by atoms with E-state index in [2.05, 4.69) is 4.98 Å². The molecule has 5 N–H and O–H groups in total. The van der Waals surface area contributed by atoms with E-state index in [9.17, 15) is 10.2 Å². The van der Waals surface area contributed by atoms with E-state index < -0.39 is 12.2 Å². The highest BCUT2D eigenvalue weighted by Gasteiger charge is 2.16. The molecule has 0 bridgehead atoms. The standard InChI is InChI=1S/C9H14N2O3/c10-3-8(13)9(14)6-1-2-7(5-12)11-4-6/h1-2,4,8-9,12-14H,3,5,10H2. The molecular formula is C9H14N2O3. The van der Waals surface area contributed by atoms with Crippen molar-refractivity contribution in [2.45, 2.75) is 18.8 Å². The molecule has 2 unspecified atom stereocenters. The van der Waals surface area contributed by atoms with Crippen molar-refractivity contribution in [1.29, 1.82) is 0 Å². The molecule has 0 aromatic carbocycles. The minimum Gasteiger partial charge on any atom is -0.390 e. The van der Waals surface area contributed by atoms with Crippen molar-refractivity contribution in [3.63, 3.8) is 0 Å². The molecule has 5 heteroatoms. The first kappa shape index (κ1) is 11.1. The Morgan fingerprint density at radius 2 is 2.07 bits per heavy atom. The van der Waals surface area contributed by atoms with Gasteiger partial charge in [0.05, 0.1) is 18.4 Å². The Morgan fingerprint density at radius 1 is 1.36 bits per heavy atom. The fourth-order valence-electron chi connectivity index (χ4n) is 1.06. The molecule has 1 aromatic rings. The summed E-state index contributed by atoms with van der Waals surface area (Å²) in [5, 5.41) is 27.5. The first-order valence-electron chi connectivity index (χ1n) is 4.31. The van der Waals surface area contributed by atoms with E-state index in [1.165, 1.54) is 6.20 Å². The zero-order valence-electron chi connectivity index (χ0n) is 7.67. The molecule has 0 spiro atoms. The molecule has 0 saturated heterocycles. The summed E-state index contributed by atoms with van der Waals surface area (Å²) in [7, 11) is 0. The highest BCUT2D eigenvalue weighted by Crippen LogP contribution is 2.15. The van der Waals surface area contributed by atoms with Crippen LogP contribution in [0.25, 0.3) is 0 Å². The van der Waals surface area contributed by atoms with Crippen LogP contribution in [0.3, 0.4) is 0 Å². The molecule has 0 aliphatic heterocycles. The van der Waals surface area contributed by atoms with Crippen LogP contribution in [0.1, 0.15) is 17.4 Å². The number of aromatic nitrogens is 1. The van der Waals surface area contributed by atoms with Gasteiger partial charge in [-0.15, -0.1) is 0 Å². The summed E-state index contributed by atoms with van der Waals surface area (Å²) < 4.78 is 0. The molecule has 2 atom stereocenters. The van der Waals surface area contributed by atoms with Gasteiger partial charge < -0.3 is 21.1 Å². The van der Waals surface area contributed by atoms with Crippen molar-refractivity contribution >= 4 is 0 Å². The number of aliphatic hydroxyl groups excluding tert-OH is 3. The largest absolute Gasteiger partial charge is 0.390 e. The lowest BCUT2D eigenvalue weighted by atomic mass is 10.1. The third kappa shape index (κ3) is 2.49. The summed E-state index contributed by atoms with van der Waals surface area (Å²) in [5.41, 5.74) is 6.20. The van der Waals surface area contributed by atoms with Crippen LogP contribution in [0.15, 0.2) is 18.3 Å². The second-order valence-corrected chi connectivity index (χ2v) is 2.99. The average molecular weight is 198 g/mol. The van der Waals surface area contributed by atoms with Crippen LogP contribution in [0.5, 0.6) is 0 Å². The van der Waals surface area contributed by atoms with Gasteiger partial charge in [-0.1, -0.05) is 6.07 Å². The van der Waals surface area contributed by atoms with Crippen molar-refractivity contribution < 1.29 is 15.3 Å². The number of hydrogen-bond acceptors (Lipinski definition) is 5. The molecule has 0 saturated carbocycles. The van der Waals surface area contributed by atoms with E-state index in [-0.39, 0.29) is 13.2 Å². The number of aliphatic hydroxyl groups is 3. The number of nitrogens with two attached hydrogens (primary N) is 1. The minimum atomic E-state index is -1.03. The second kappa shape index (κ2) is 5.02. The summed E-state index contributed by atoms with van der Waals surface area (Å²) in [6, 6.07) is 3.18. The molecular weight excluding hydrogens is 184 g/mol. The molecule has 1 aromatic heterocycles. The van der Waals surface area contributed by atoms with Gasteiger partial charge in [0.15, 0.2) is 0 Å². The second-order valence-electron chi connectivity index (χ2n) is 2.99. The normalized spacial score (nSPS) is 15.1. The van der Waals surface area contributed by atoms with Gasteiger partial charge in [-0.3, -0.25) is 4.98 Å². The van der Waals surface area contributed by atoms with Gasteiger partial charge in [0.2, 0.25) is 0 Å². The Morgan fingerprint density at radius 3 is 2.50 bits per heavy atom. The van der Waals surface area contributed by atoms with E-state index in [0.29, 0.717) is 11.3 Å². The quantitative estimate of drug-likeness (QED) is 0.493. The van der Waals surface area contributed by atoms with Gasteiger partial charge in [0.25, 0.3) is 0 Å². The van der Waals surface area contributed by atoms with Crippen LogP contribution in [0.4, 0.5) is 0 Å². The van der Waals surface area contributed by atoms with E-state index in [4.69, 9.17) is 10.8 Å². The highest BCUT2D eigenvalue weighted by molar-refractivity contribution is 5.17. The molecule has 0 fully saturated rings. The first-order chi connectivity index (χ1) is 6.69. The number of rotatable bonds is 4. The SMILES string of the molecule is NCC(O)C(O)c1ccc(CO)nc1. The maximum Gasteiger partial charge on any atom is 0.108 e. The summed E-state index contributed by atoms with van der Waals surface area (Å²) in [5.74, 6) is 0. The summed E-state index contributed by atoms with van der Waals surface area (Å²) in [4.78, 5) is 3.87. The molecule has 0 amide bonds. The fraction of sp³-hybridized carbons (Fsp3) is 0.444. The topological polar surface area (TPSA) is 99.6 Å². The van der Waals surface area contributed by atoms with Gasteiger partial charge >= 0.3 is 0 Å². The van der Waals surface area contributed by atoms with Crippen molar-refractivity contribution in [1.82, 2.24) is 4.98 Å². The average Bonchev–Trinajstić information content (AvgIpc) is 2.27. The first-order valence-corrected chi connectivity index (χ1v) is 4.31. The van der Waals surface area contributed by atoms with E-state index in [1.807, 2.05) is 0 Å². The Balaban J connectivity index is 2.75. The van der Waals surface area contributed by atoms with E-state index >= 15 is 0 Å². The smallest absolute Gasteiger partial charge is 0.108 e. The molecule has 78 valence electrons. The van der Waals surface area contributed by atoms with Crippen molar-refractivity contribution in [2.75, 3.05) is 6.54 Å². The lowest BCUT2D eigenvalue weighted by Crippen LogP contribution is -2.27. The predicted molar refractivity (Wildman–Crippen MR) is 50.2 cm³/mol. The number of pyridine rings is 1. The van der Waals surface area contributed by atoms with E-state index in [0.717, 1.165) is 0 Å². The summed E-state index contributed by atoms with van der Waals surface area (Å²) >= 11 is 0. The molecule has 0 aliphatic carbocycles. The molecule has 14 heavy (non-hydrogen) atoms. The molecule has 0 radical (unpaired) electrons. The highest BCUT2D eigenvalue weighted by atomic mass is 16.3. The predicted octanol–water partition coefficient (Wildman–Crippen LogP) is -1.07. The van der Waals surface area contributed by atoms with Crippen molar-refractivity contribution in [3.8, 4) is 0 Å². The fourth-order valence-corrected chi connectivity index (χ4v) is 1.06. The maximum absolute atomic E-state index is 9.52. The maximum atomic E-state index is 9.52. The third-order valence-electron chi connectivity index (χ3n) is 1.96. The Bertz CT molecular complexity index is 276. The zero-order valence-corrected chi connectivity index (χ0v) is 7.67. The van der Waals surface area contributed by atoms with Gasteiger partial charge in [0, 0.05) is 18.3 Å².